The molecule has 33 heavy (non-hydrogen) atoms. The zero-order valence-electron chi connectivity index (χ0n) is 17.6. The Kier molecular flexibility index (Phi) is 6.42. The fraction of sp³-hybridized carbons (Fsp3) is 0.0800. The highest BCUT2D eigenvalue weighted by Gasteiger charge is 2.18. The quantitative estimate of drug-likeness (QED) is 0.409. The molecule has 0 saturated heterocycles. The van der Waals surface area contributed by atoms with Crippen molar-refractivity contribution in [1.29, 1.82) is 0 Å². The number of amides is 2. The fourth-order valence-corrected chi connectivity index (χ4v) is 3.37. The standard InChI is InChI=1S/C25H19ClN2O5/c1-15(29)17-7-9-18(10-8-17)27-25(31)21(28-24(30)19-4-2-3-5-20(19)26)12-16-6-11-22-23(13-16)33-14-32-22/h2-13H,14H2,1H3,(H,27,31)(H,28,30). The molecule has 1 aliphatic rings. The summed E-state index contributed by atoms with van der Waals surface area (Å²) in [5.41, 5.74) is 1.84. The lowest BCUT2D eigenvalue weighted by Crippen LogP contribution is -2.31. The van der Waals surface area contributed by atoms with Crippen molar-refractivity contribution in [3.05, 3.63) is 94.1 Å². The molecule has 0 aliphatic carbocycles. The highest BCUT2D eigenvalue weighted by atomic mass is 35.5. The smallest absolute Gasteiger partial charge is 0.272 e. The van der Waals surface area contributed by atoms with Crippen LogP contribution in [0.15, 0.2) is 72.4 Å². The molecule has 1 heterocycles. The number of Topliss-reactive ketones (excluding diaryl/α,β-unsaturated/α-hetero) is 1. The fourth-order valence-electron chi connectivity index (χ4n) is 3.15. The maximum absolute atomic E-state index is 13.1. The summed E-state index contributed by atoms with van der Waals surface area (Å²) < 4.78 is 10.7. The van der Waals surface area contributed by atoms with Crippen molar-refractivity contribution >= 4 is 41.0 Å². The van der Waals surface area contributed by atoms with E-state index in [0.29, 0.717) is 28.3 Å². The largest absolute Gasteiger partial charge is 0.454 e. The number of halogens is 1. The van der Waals surface area contributed by atoms with Crippen LogP contribution >= 0.6 is 11.6 Å². The second-order valence-corrected chi connectivity index (χ2v) is 7.60. The van der Waals surface area contributed by atoms with Gasteiger partial charge in [0.05, 0.1) is 10.6 Å². The van der Waals surface area contributed by atoms with Crippen LogP contribution in [0.2, 0.25) is 5.02 Å². The van der Waals surface area contributed by atoms with E-state index in [4.69, 9.17) is 21.1 Å². The van der Waals surface area contributed by atoms with Crippen molar-refractivity contribution in [2.45, 2.75) is 6.92 Å². The Bertz CT molecular complexity index is 1270. The molecule has 8 heteroatoms. The van der Waals surface area contributed by atoms with Crippen molar-refractivity contribution < 1.29 is 23.9 Å². The molecule has 0 radical (unpaired) electrons. The van der Waals surface area contributed by atoms with Gasteiger partial charge in [-0.05, 0) is 67.1 Å². The predicted octanol–water partition coefficient (Wildman–Crippen LogP) is 4.68. The number of ketones is 1. The maximum Gasteiger partial charge on any atom is 0.272 e. The van der Waals surface area contributed by atoms with Gasteiger partial charge in [-0.2, -0.15) is 0 Å². The zero-order chi connectivity index (χ0) is 23.4. The van der Waals surface area contributed by atoms with E-state index in [9.17, 15) is 14.4 Å². The summed E-state index contributed by atoms with van der Waals surface area (Å²) in [5.74, 6) is -0.0221. The lowest BCUT2D eigenvalue weighted by molar-refractivity contribution is -0.113. The number of hydrogen-bond acceptors (Lipinski definition) is 5. The van der Waals surface area contributed by atoms with Crippen molar-refractivity contribution in [3.63, 3.8) is 0 Å². The first-order valence-corrected chi connectivity index (χ1v) is 10.4. The molecule has 3 aromatic carbocycles. The van der Waals surface area contributed by atoms with Crippen LogP contribution in [0.3, 0.4) is 0 Å². The van der Waals surface area contributed by atoms with Crippen LogP contribution in [-0.4, -0.2) is 24.4 Å². The Morgan fingerprint density at radius 3 is 2.39 bits per heavy atom. The first-order chi connectivity index (χ1) is 15.9. The number of benzene rings is 3. The zero-order valence-corrected chi connectivity index (χ0v) is 18.3. The minimum Gasteiger partial charge on any atom is -0.454 e. The van der Waals surface area contributed by atoms with E-state index in [2.05, 4.69) is 10.6 Å². The summed E-state index contributed by atoms with van der Waals surface area (Å²) in [7, 11) is 0. The van der Waals surface area contributed by atoms with Crippen LogP contribution in [0, 0.1) is 0 Å². The molecule has 0 saturated carbocycles. The second-order valence-electron chi connectivity index (χ2n) is 7.19. The Balaban J connectivity index is 1.62. The summed E-state index contributed by atoms with van der Waals surface area (Å²) in [6.45, 7) is 1.58. The minimum atomic E-state index is -0.552. The molecule has 166 valence electrons. The highest BCUT2D eigenvalue weighted by Crippen LogP contribution is 2.33. The van der Waals surface area contributed by atoms with Gasteiger partial charge < -0.3 is 20.1 Å². The molecule has 0 spiro atoms. The maximum atomic E-state index is 13.1. The molecule has 0 fully saturated rings. The molecular formula is C25H19ClN2O5. The van der Waals surface area contributed by atoms with Gasteiger partial charge in [-0.1, -0.05) is 29.8 Å². The van der Waals surface area contributed by atoms with Gasteiger partial charge >= 0.3 is 0 Å². The molecule has 0 bridgehead atoms. The van der Waals surface area contributed by atoms with Crippen LogP contribution in [-0.2, 0) is 4.79 Å². The van der Waals surface area contributed by atoms with Crippen LogP contribution in [0.5, 0.6) is 11.5 Å². The van der Waals surface area contributed by atoms with E-state index >= 15 is 0 Å². The third-order valence-electron chi connectivity index (χ3n) is 4.87. The Labute approximate surface area is 195 Å². The topological polar surface area (TPSA) is 93.7 Å². The lowest BCUT2D eigenvalue weighted by atomic mass is 10.1. The van der Waals surface area contributed by atoms with Crippen LogP contribution in [0.25, 0.3) is 6.08 Å². The van der Waals surface area contributed by atoms with E-state index in [1.807, 2.05) is 0 Å². The normalized spacial score (nSPS) is 12.2. The first kappa shape index (κ1) is 22.1. The van der Waals surface area contributed by atoms with Gasteiger partial charge in [0.2, 0.25) is 6.79 Å². The Morgan fingerprint density at radius 1 is 0.939 bits per heavy atom. The third kappa shape index (κ3) is 5.22. The number of carbonyl (C=O) groups is 3. The lowest BCUT2D eigenvalue weighted by Gasteiger charge is -2.12. The minimum absolute atomic E-state index is 0.00516. The molecule has 0 aromatic heterocycles. The summed E-state index contributed by atoms with van der Waals surface area (Å²) in [6, 6.07) is 18.2. The van der Waals surface area contributed by atoms with E-state index in [1.165, 1.54) is 13.0 Å². The van der Waals surface area contributed by atoms with Gasteiger partial charge in [-0.25, -0.2) is 0 Å². The molecule has 2 N–H and O–H groups in total. The molecule has 7 nitrogen and oxygen atoms in total. The number of fused-ring (bicyclic) bond motifs is 1. The molecule has 3 aromatic rings. The third-order valence-corrected chi connectivity index (χ3v) is 5.20. The van der Waals surface area contributed by atoms with Gasteiger partial charge in [-0.3, -0.25) is 14.4 Å². The number of rotatable bonds is 6. The number of nitrogens with one attached hydrogen (secondary N) is 2. The van der Waals surface area contributed by atoms with E-state index in [1.54, 1.807) is 66.7 Å². The molecule has 0 atom stereocenters. The van der Waals surface area contributed by atoms with E-state index in [-0.39, 0.29) is 28.9 Å². The van der Waals surface area contributed by atoms with Crippen molar-refractivity contribution in [2.24, 2.45) is 0 Å². The summed E-state index contributed by atoms with van der Waals surface area (Å²) in [5, 5.41) is 5.63. The van der Waals surface area contributed by atoms with E-state index in [0.717, 1.165) is 0 Å². The SMILES string of the molecule is CC(=O)c1ccc(NC(=O)C(=Cc2ccc3c(c2)OCO3)NC(=O)c2ccccc2Cl)cc1. The summed E-state index contributed by atoms with van der Waals surface area (Å²) in [6.07, 6.45) is 1.52. The van der Waals surface area contributed by atoms with Crippen molar-refractivity contribution in [3.8, 4) is 11.5 Å². The molecule has 4 rings (SSSR count). The Morgan fingerprint density at radius 2 is 1.67 bits per heavy atom. The van der Waals surface area contributed by atoms with Gasteiger partial charge in [0.25, 0.3) is 11.8 Å². The monoisotopic (exact) mass is 462 g/mol. The van der Waals surface area contributed by atoms with Gasteiger partial charge in [0, 0.05) is 11.3 Å². The number of carbonyl (C=O) groups excluding carboxylic acids is 3. The number of anilines is 1. The molecule has 1 aliphatic heterocycles. The second kappa shape index (κ2) is 9.58. The predicted molar refractivity (Wildman–Crippen MR) is 125 cm³/mol. The first-order valence-electron chi connectivity index (χ1n) is 10.0. The van der Waals surface area contributed by atoms with Crippen LogP contribution in [0.4, 0.5) is 5.69 Å². The summed E-state index contributed by atoms with van der Waals surface area (Å²) >= 11 is 6.14. The van der Waals surface area contributed by atoms with Gasteiger partial charge in [0.15, 0.2) is 17.3 Å². The highest BCUT2D eigenvalue weighted by molar-refractivity contribution is 6.34. The van der Waals surface area contributed by atoms with E-state index < -0.39 is 11.8 Å². The molecule has 0 unspecified atom stereocenters. The van der Waals surface area contributed by atoms with Crippen LogP contribution in [0.1, 0.15) is 33.2 Å². The number of ether oxygens (including phenoxy) is 2. The van der Waals surface area contributed by atoms with Gasteiger partial charge in [-0.15, -0.1) is 0 Å². The molecular weight excluding hydrogens is 444 g/mol. The number of hydrogen-bond donors (Lipinski definition) is 2. The Hall–Kier alpha value is -4.10. The van der Waals surface area contributed by atoms with Crippen molar-refractivity contribution in [2.75, 3.05) is 12.1 Å². The average molecular weight is 463 g/mol. The molecule has 2 amide bonds. The van der Waals surface area contributed by atoms with Crippen molar-refractivity contribution in [1.82, 2.24) is 5.32 Å². The van der Waals surface area contributed by atoms with Gasteiger partial charge in [0.1, 0.15) is 5.70 Å². The van der Waals surface area contributed by atoms with Crippen LogP contribution < -0.4 is 20.1 Å². The average Bonchev–Trinajstić information content (AvgIpc) is 3.27. The summed E-state index contributed by atoms with van der Waals surface area (Å²) in [4.78, 5) is 37.4.